The molecule has 31 heavy (non-hydrogen) atoms. The Bertz CT molecular complexity index is 1080. The van der Waals surface area contributed by atoms with Crippen molar-refractivity contribution >= 4 is 17.1 Å². The average molecular weight is 453 g/mol. The largest absolute Gasteiger partial charge is 0.611 e. The predicted octanol–water partition coefficient (Wildman–Crippen LogP) is 3.67. The fraction of sp³-hybridized carbons (Fsp3) is 0.250. The number of ether oxygens (including phenoxy) is 1. The maximum absolute atomic E-state index is 12.8. The monoisotopic (exact) mass is 453 g/mol. The van der Waals surface area contributed by atoms with Gasteiger partial charge in [0.2, 0.25) is 0 Å². The number of carbonyl (C=O) groups is 1. The van der Waals surface area contributed by atoms with Crippen molar-refractivity contribution in [3.8, 4) is 11.4 Å². The minimum Gasteiger partial charge on any atom is -0.611 e. The first-order valence-electron chi connectivity index (χ1n) is 8.98. The van der Waals surface area contributed by atoms with Gasteiger partial charge in [-0.1, -0.05) is 0 Å². The van der Waals surface area contributed by atoms with E-state index in [0.717, 1.165) is 12.1 Å². The van der Waals surface area contributed by atoms with Gasteiger partial charge in [-0.2, -0.15) is 23.1 Å². The van der Waals surface area contributed by atoms with E-state index in [1.165, 1.54) is 16.9 Å². The van der Waals surface area contributed by atoms with E-state index in [0.29, 0.717) is 33.3 Å². The molecule has 3 rings (SSSR count). The maximum Gasteiger partial charge on any atom is 0.416 e. The molecule has 0 aliphatic rings. The maximum atomic E-state index is 12.8. The van der Waals surface area contributed by atoms with Gasteiger partial charge in [0.05, 0.1) is 16.9 Å². The predicted molar refractivity (Wildman–Crippen MR) is 106 cm³/mol. The fourth-order valence-corrected chi connectivity index (χ4v) is 3.92. The van der Waals surface area contributed by atoms with Crippen LogP contribution in [0.3, 0.4) is 0 Å². The number of hydrogen-bond acceptors (Lipinski definition) is 5. The first kappa shape index (κ1) is 22.6. The molecule has 2 aromatic carbocycles. The van der Waals surface area contributed by atoms with Crippen molar-refractivity contribution in [2.24, 2.45) is 0 Å². The average Bonchev–Trinajstić information content (AvgIpc) is 3.06. The van der Waals surface area contributed by atoms with Gasteiger partial charge in [-0.3, -0.25) is 0 Å². The minimum absolute atomic E-state index is 0.0568. The number of halogens is 3. The number of benzene rings is 2. The van der Waals surface area contributed by atoms with Gasteiger partial charge in [0.1, 0.15) is 11.4 Å². The van der Waals surface area contributed by atoms with E-state index in [9.17, 15) is 22.5 Å². The molecular formula is C20H18F3N3O4S. The SMILES string of the molecule is Cc1cc([S+]([O-])Cc2nn(-c3ccc(C(F)(F)F)cc3)nc2C)ccc1OCC(=O)O. The number of alkyl halides is 3. The number of rotatable bonds is 7. The Balaban J connectivity index is 1.74. The Morgan fingerprint density at radius 2 is 1.84 bits per heavy atom. The van der Waals surface area contributed by atoms with Crippen LogP contribution in [-0.4, -0.2) is 37.2 Å². The highest BCUT2D eigenvalue weighted by molar-refractivity contribution is 7.90. The summed E-state index contributed by atoms with van der Waals surface area (Å²) in [7, 11) is 0. The molecule has 0 saturated heterocycles. The molecular weight excluding hydrogens is 435 g/mol. The van der Waals surface area contributed by atoms with Gasteiger partial charge >= 0.3 is 12.1 Å². The van der Waals surface area contributed by atoms with Crippen molar-refractivity contribution in [1.82, 2.24) is 15.0 Å². The third kappa shape index (κ3) is 5.56. The summed E-state index contributed by atoms with van der Waals surface area (Å²) >= 11 is -1.47. The molecule has 0 radical (unpaired) electrons. The normalized spacial score (nSPS) is 12.6. The van der Waals surface area contributed by atoms with Crippen LogP contribution in [0, 0.1) is 13.8 Å². The van der Waals surface area contributed by atoms with Crippen LogP contribution in [0.4, 0.5) is 13.2 Å². The van der Waals surface area contributed by atoms with E-state index < -0.39 is 35.5 Å². The molecule has 0 saturated carbocycles. The molecule has 1 N–H and O–H groups in total. The van der Waals surface area contributed by atoms with E-state index in [-0.39, 0.29) is 5.75 Å². The van der Waals surface area contributed by atoms with Gasteiger partial charge in [0.25, 0.3) is 0 Å². The molecule has 1 aromatic heterocycles. The molecule has 3 aromatic rings. The number of carboxylic acid groups (broad SMARTS) is 1. The number of nitrogens with zero attached hydrogens (tertiary/aromatic N) is 3. The van der Waals surface area contributed by atoms with Gasteiger partial charge in [-0.05, 0) is 73.1 Å². The lowest BCUT2D eigenvalue weighted by molar-refractivity contribution is -0.139. The summed E-state index contributed by atoms with van der Waals surface area (Å²) in [5, 5.41) is 17.2. The summed E-state index contributed by atoms with van der Waals surface area (Å²) in [6.45, 7) is 2.91. The molecule has 1 unspecified atom stereocenters. The number of aryl methyl sites for hydroxylation is 2. The van der Waals surface area contributed by atoms with Crippen LogP contribution in [0.5, 0.6) is 5.75 Å². The van der Waals surface area contributed by atoms with Crippen molar-refractivity contribution in [1.29, 1.82) is 0 Å². The first-order chi connectivity index (χ1) is 14.5. The second kappa shape index (κ2) is 8.98. The van der Waals surface area contributed by atoms with Crippen LogP contribution < -0.4 is 4.74 Å². The van der Waals surface area contributed by atoms with Crippen molar-refractivity contribution in [3.63, 3.8) is 0 Å². The van der Waals surface area contributed by atoms with Gasteiger partial charge < -0.3 is 14.4 Å². The van der Waals surface area contributed by atoms with Gasteiger partial charge in [0.15, 0.2) is 17.3 Å². The molecule has 1 heterocycles. The quantitative estimate of drug-likeness (QED) is 0.548. The summed E-state index contributed by atoms with van der Waals surface area (Å²) in [6, 6.07) is 9.20. The van der Waals surface area contributed by atoms with Crippen LogP contribution in [0.15, 0.2) is 47.4 Å². The van der Waals surface area contributed by atoms with E-state index in [1.54, 1.807) is 32.0 Å². The van der Waals surface area contributed by atoms with Crippen LogP contribution in [0.1, 0.15) is 22.5 Å². The zero-order chi connectivity index (χ0) is 22.8. The summed E-state index contributed by atoms with van der Waals surface area (Å²) < 4.78 is 56.1. The van der Waals surface area contributed by atoms with Gasteiger partial charge in [0, 0.05) is 0 Å². The van der Waals surface area contributed by atoms with Crippen LogP contribution in [0.2, 0.25) is 0 Å². The summed E-state index contributed by atoms with van der Waals surface area (Å²) in [4.78, 5) is 12.3. The molecule has 0 aliphatic carbocycles. The molecule has 0 spiro atoms. The highest BCUT2D eigenvalue weighted by Gasteiger charge is 2.30. The third-order valence-corrected chi connectivity index (χ3v) is 5.65. The fourth-order valence-electron chi connectivity index (χ4n) is 2.71. The van der Waals surface area contributed by atoms with Crippen molar-refractivity contribution in [2.45, 2.75) is 30.7 Å². The number of aliphatic carboxylic acids is 1. The van der Waals surface area contributed by atoms with E-state index in [2.05, 4.69) is 10.2 Å². The molecule has 11 heteroatoms. The summed E-state index contributed by atoms with van der Waals surface area (Å²) in [5.41, 5.74) is 1.17. The first-order valence-corrected chi connectivity index (χ1v) is 10.3. The Morgan fingerprint density at radius 3 is 2.42 bits per heavy atom. The van der Waals surface area contributed by atoms with Crippen molar-refractivity contribution in [3.05, 3.63) is 65.0 Å². The van der Waals surface area contributed by atoms with Crippen LogP contribution in [-0.2, 0) is 27.9 Å². The zero-order valence-corrected chi connectivity index (χ0v) is 17.3. The van der Waals surface area contributed by atoms with E-state index in [4.69, 9.17) is 9.84 Å². The second-order valence-corrected chi connectivity index (χ2v) is 8.12. The smallest absolute Gasteiger partial charge is 0.416 e. The Labute approximate surface area is 178 Å². The number of aromatic nitrogens is 3. The summed E-state index contributed by atoms with van der Waals surface area (Å²) in [6.07, 6.45) is -4.43. The van der Waals surface area contributed by atoms with E-state index >= 15 is 0 Å². The molecule has 0 fully saturated rings. The summed E-state index contributed by atoms with van der Waals surface area (Å²) in [5.74, 6) is -0.660. The van der Waals surface area contributed by atoms with Crippen molar-refractivity contribution in [2.75, 3.05) is 6.61 Å². The number of carboxylic acids is 1. The van der Waals surface area contributed by atoms with Crippen LogP contribution >= 0.6 is 0 Å². The van der Waals surface area contributed by atoms with Gasteiger partial charge in [-0.25, -0.2) is 4.79 Å². The van der Waals surface area contributed by atoms with Crippen molar-refractivity contribution < 1.29 is 32.4 Å². The van der Waals surface area contributed by atoms with Crippen LogP contribution in [0.25, 0.3) is 5.69 Å². The number of hydrogen-bond donors (Lipinski definition) is 1. The molecule has 1 atom stereocenters. The molecule has 164 valence electrons. The molecule has 7 nitrogen and oxygen atoms in total. The third-order valence-electron chi connectivity index (χ3n) is 4.33. The Morgan fingerprint density at radius 1 is 1.16 bits per heavy atom. The lowest BCUT2D eigenvalue weighted by atomic mass is 10.2. The zero-order valence-electron chi connectivity index (χ0n) is 16.5. The van der Waals surface area contributed by atoms with Gasteiger partial charge in [-0.15, -0.1) is 5.10 Å². The standard InChI is InChI=1S/C20H18F3N3O4S/c1-12-9-16(7-8-18(12)30-10-19(27)28)31(29)11-17-13(2)24-26(25-17)15-5-3-14(4-6-15)20(21,22)23/h3-9H,10-11H2,1-2H3,(H,27,28). The molecule has 0 aliphatic heterocycles. The lowest BCUT2D eigenvalue weighted by Crippen LogP contribution is -2.11. The molecule has 0 bridgehead atoms. The Kier molecular flexibility index (Phi) is 6.56. The minimum atomic E-state index is -4.43. The lowest BCUT2D eigenvalue weighted by Gasteiger charge is -2.12. The Hall–Kier alpha value is -3.05. The van der Waals surface area contributed by atoms with E-state index in [1.807, 2.05) is 0 Å². The second-order valence-electron chi connectivity index (χ2n) is 6.67. The highest BCUT2D eigenvalue weighted by Crippen LogP contribution is 2.29. The molecule has 0 amide bonds. The highest BCUT2D eigenvalue weighted by atomic mass is 32.2. The topological polar surface area (TPSA) is 100 Å².